The van der Waals surface area contributed by atoms with E-state index in [1.807, 2.05) is 0 Å². The van der Waals surface area contributed by atoms with Crippen molar-refractivity contribution in [3.8, 4) is 0 Å². The molecule has 7 heteroatoms. The summed E-state index contributed by atoms with van der Waals surface area (Å²) in [5, 5.41) is 0. The van der Waals surface area contributed by atoms with Crippen molar-refractivity contribution in [2.24, 2.45) is 11.7 Å². The number of piperidine rings is 1. The number of aromatic nitrogens is 1. The van der Waals surface area contributed by atoms with Gasteiger partial charge in [0.15, 0.2) is 0 Å². The second-order valence-corrected chi connectivity index (χ2v) is 7.70. The van der Waals surface area contributed by atoms with E-state index in [4.69, 9.17) is 18.0 Å². The summed E-state index contributed by atoms with van der Waals surface area (Å²) in [7, 11) is -3.57. The van der Waals surface area contributed by atoms with E-state index in [2.05, 4.69) is 11.9 Å². The Morgan fingerprint density at radius 1 is 1.48 bits per heavy atom. The maximum absolute atomic E-state index is 12.7. The average molecular weight is 327 g/mol. The molecular formula is C14H21N3O2S2. The number of nitrogens with two attached hydrogens (primary N) is 1. The minimum Gasteiger partial charge on any atom is -0.388 e. The third-order valence-corrected chi connectivity index (χ3v) is 6.02. The zero-order valence-corrected chi connectivity index (χ0v) is 13.8. The van der Waals surface area contributed by atoms with Gasteiger partial charge in [-0.15, -0.1) is 0 Å². The highest BCUT2D eigenvalue weighted by Gasteiger charge is 2.31. The molecule has 0 radical (unpaired) electrons. The summed E-state index contributed by atoms with van der Waals surface area (Å²) < 4.78 is 27.0. The summed E-state index contributed by atoms with van der Waals surface area (Å²) in [4.78, 5) is 4.14. The average Bonchev–Trinajstić information content (AvgIpc) is 2.48. The van der Waals surface area contributed by atoms with Crippen LogP contribution in [-0.2, 0) is 10.0 Å². The predicted octanol–water partition coefficient (Wildman–Crippen LogP) is 1.92. The van der Waals surface area contributed by atoms with Crippen molar-refractivity contribution in [2.75, 3.05) is 13.1 Å². The van der Waals surface area contributed by atoms with Gasteiger partial charge in [0.1, 0.15) is 15.6 Å². The molecule has 1 aliphatic heterocycles. The minimum absolute atomic E-state index is 0.00930. The summed E-state index contributed by atoms with van der Waals surface area (Å²) in [5.41, 5.74) is 5.77. The van der Waals surface area contributed by atoms with E-state index < -0.39 is 10.0 Å². The fourth-order valence-corrected chi connectivity index (χ4v) is 4.62. The van der Waals surface area contributed by atoms with Crippen molar-refractivity contribution in [1.82, 2.24) is 9.29 Å². The molecule has 1 aliphatic rings. The van der Waals surface area contributed by atoms with Crippen molar-refractivity contribution in [3.05, 3.63) is 24.0 Å². The molecule has 0 unspecified atom stereocenters. The summed E-state index contributed by atoms with van der Waals surface area (Å²) in [6, 6.07) is 3.12. The standard InChI is InChI=1S/C14H21N3O2S2/c1-2-4-11-6-9-17(10-7-11)21(18,19)12-5-3-8-16-13(12)14(15)20/h3,5,8,11H,2,4,6-7,9-10H2,1H3,(H2,15,20). The summed E-state index contributed by atoms with van der Waals surface area (Å²) in [5.74, 6) is 0.630. The number of thiocarbonyl (C=S) groups is 1. The molecule has 0 aromatic carbocycles. The number of nitrogens with zero attached hydrogens (tertiary/aromatic N) is 2. The van der Waals surface area contributed by atoms with Crippen molar-refractivity contribution in [3.63, 3.8) is 0 Å². The number of rotatable bonds is 5. The van der Waals surface area contributed by atoms with Crippen LogP contribution in [0.15, 0.2) is 23.2 Å². The summed E-state index contributed by atoms with van der Waals surface area (Å²) in [6.07, 6.45) is 5.64. The Morgan fingerprint density at radius 2 is 2.14 bits per heavy atom. The monoisotopic (exact) mass is 327 g/mol. The van der Waals surface area contributed by atoms with E-state index in [-0.39, 0.29) is 15.6 Å². The zero-order chi connectivity index (χ0) is 15.5. The lowest BCUT2D eigenvalue weighted by Gasteiger charge is -2.31. The number of hydrogen-bond donors (Lipinski definition) is 1. The van der Waals surface area contributed by atoms with Crippen LogP contribution in [0.1, 0.15) is 38.3 Å². The lowest BCUT2D eigenvalue weighted by molar-refractivity contribution is 0.262. The molecule has 0 aliphatic carbocycles. The smallest absolute Gasteiger partial charge is 0.245 e. The van der Waals surface area contributed by atoms with Crippen LogP contribution in [-0.4, -0.2) is 35.8 Å². The van der Waals surface area contributed by atoms with Gasteiger partial charge in [-0.2, -0.15) is 4.31 Å². The van der Waals surface area contributed by atoms with Crippen LogP contribution in [0.2, 0.25) is 0 Å². The SMILES string of the molecule is CCCC1CCN(S(=O)(=O)c2cccnc2C(N)=S)CC1. The van der Waals surface area contributed by atoms with Gasteiger partial charge in [-0.05, 0) is 30.9 Å². The third kappa shape index (κ3) is 3.59. The van der Waals surface area contributed by atoms with Crippen molar-refractivity contribution < 1.29 is 8.42 Å². The largest absolute Gasteiger partial charge is 0.388 e. The summed E-state index contributed by atoms with van der Waals surface area (Å²) >= 11 is 4.91. The maximum atomic E-state index is 12.7. The summed E-state index contributed by atoms with van der Waals surface area (Å²) in [6.45, 7) is 3.27. The Balaban J connectivity index is 2.22. The Kier molecular flexibility index (Phi) is 5.29. The highest BCUT2D eigenvalue weighted by atomic mass is 32.2. The second-order valence-electron chi connectivity index (χ2n) is 5.35. The van der Waals surface area contributed by atoms with Gasteiger partial charge in [-0.3, -0.25) is 4.98 Å². The van der Waals surface area contributed by atoms with Crippen LogP contribution in [0.25, 0.3) is 0 Å². The molecule has 1 aromatic rings. The minimum atomic E-state index is -3.57. The molecule has 0 spiro atoms. The first kappa shape index (κ1) is 16.3. The van der Waals surface area contributed by atoms with E-state index in [0.717, 1.165) is 19.3 Å². The first-order valence-corrected chi connectivity index (χ1v) is 9.06. The molecule has 116 valence electrons. The van der Waals surface area contributed by atoms with Crippen LogP contribution in [0.4, 0.5) is 0 Å². The second kappa shape index (κ2) is 6.81. The van der Waals surface area contributed by atoms with Crippen LogP contribution in [0.5, 0.6) is 0 Å². The van der Waals surface area contributed by atoms with E-state index in [0.29, 0.717) is 19.0 Å². The van der Waals surface area contributed by atoms with Crippen LogP contribution >= 0.6 is 12.2 Å². The molecule has 2 heterocycles. The van der Waals surface area contributed by atoms with Gasteiger partial charge < -0.3 is 5.73 Å². The number of hydrogen-bond acceptors (Lipinski definition) is 4. The molecule has 21 heavy (non-hydrogen) atoms. The van der Waals surface area contributed by atoms with Crippen LogP contribution in [0.3, 0.4) is 0 Å². The quantitative estimate of drug-likeness (QED) is 0.836. The van der Waals surface area contributed by atoms with Gasteiger partial charge in [-0.1, -0.05) is 32.0 Å². The molecule has 0 bridgehead atoms. The molecule has 0 amide bonds. The van der Waals surface area contributed by atoms with Crippen molar-refractivity contribution in [2.45, 2.75) is 37.5 Å². The molecule has 0 atom stereocenters. The lowest BCUT2D eigenvalue weighted by Crippen LogP contribution is -2.39. The zero-order valence-electron chi connectivity index (χ0n) is 12.2. The normalized spacial score (nSPS) is 17.8. The molecule has 2 N–H and O–H groups in total. The van der Waals surface area contributed by atoms with E-state index in [9.17, 15) is 8.42 Å². The fraction of sp³-hybridized carbons (Fsp3) is 0.571. The topological polar surface area (TPSA) is 76.3 Å². The van der Waals surface area contributed by atoms with Crippen LogP contribution < -0.4 is 5.73 Å². The molecule has 2 rings (SSSR count). The van der Waals surface area contributed by atoms with Gasteiger partial charge in [0.05, 0.1) is 0 Å². The van der Waals surface area contributed by atoms with Gasteiger partial charge in [-0.25, -0.2) is 8.42 Å². The molecule has 1 aromatic heterocycles. The Bertz CT molecular complexity index is 608. The number of sulfonamides is 1. The highest BCUT2D eigenvalue weighted by Crippen LogP contribution is 2.27. The molecule has 5 nitrogen and oxygen atoms in total. The van der Waals surface area contributed by atoms with Gasteiger partial charge >= 0.3 is 0 Å². The number of pyridine rings is 1. The molecule has 1 fully saturated rings. The lowest BCUT2D eigenvalue weighted by atomic mass is 9.94. The van der Waals surface area contributed by atoms with Gasteiger partial charge in [0, 0.05) is 19.3 Å². The highest BCUT2D eigenvalue weighted by molar-refractivity contribution is 7.89. The molecular weight excluding hydrogens is 306 g/mol. The maximum Gasteiger partial charge on any atom is 0.245 e. The van der Waals surface area contributed by atoms with Crippen LogP contribution in [0, 0.1) is 5.92 Å². The molecule has 0 saturated carbocycles. The van der Waals surface area contributed by atoms with Crippen molar-refractivity contribution in [1.29, 1.82) is 0 Å². The first-order chi connectivity index (χ1) is 9.96. The fourth-order valence-electron chi connectivity index (χ4n) is 2.77. The van der Waals surface area contributed by atoms with Gasteiger partial charge in [0.2, 0.25) is 10.0 Å². The molecule has 1 saturated heterocycles. The predicted molar refractivity (Wildman–Crippen MR) is 86.5 cm³/mol. The van der Waals surface area contributed by atoms with Gasteiger partial charge in [0.25, 0.3) is 0 Å². The van der Waals surface area contributed by atoms with Crippen molar-refractivity contribution >= 4 is 27.2 Å². The third-order valence-electron chi connectivity index (χ3n) is 3.89. The van der Waals surface area contributed by atoms with E-state index in [1.54, 1.807) is 6.07 Å². The Labute approximate surface area is 131 Å². The Morgan fingerprint density at radius 3 is 2.71 bits per heavy atom. The Hall–Kier alpha value is -1.05. The van der Waals surface area contributed by atoms with E-state index >= 15 is 0 Å². The first-order valence-electron chi connectivity index (χ1n) is 7.21. The van der Waals surface area contributed by atoms with E-state index in [1.165, 1.54) is 23.0 Å².